The van der Waals surface area contributed by atoms with Gasteiger partial charge in [0.25, 0.3) is 0 Å². The summed E-state index contributed by atoms with van der Waals surface area (Å²) < 4.78 is 24.4. The van der Waals surface area contributed by atoms with Gasteiger partial charge in [-0.15, -0.1) is 0 Å². The highest BCUT2D eigenvalue weighted by atomic mass is 32.2. The molecule has 0 heterocycles. The average molecular weight is 284 g/mol. The Morgan fingerprint density at radius 2 is 2.00 bits per heavy atom. The van der Waals surface area contributed by atoms with E-state index < -0.39 is 9.84 Å². The van der Waals surface area contributed by atoms with Crippen molar-refractivity contribution in [2.24, 2.45) is 11.7 Å². The van der Waals surface area contributed by atoms with Gasteiger partial charge in [0.15, 0.2) is 9.84 Å². The second-order valence-electron chi connectivity index (χ2n) is 5.33. The van der Waals surface area contributed by atoms with E-state index in [1.54, 1.807) is 18.2 Å². The first kappa shape index (κ1) is 16.1. The summed E-state index contributed by atoms with van der Waals surface area (Å²) in [6, 6.07) is 6.88. The molecule has 0 atom stereocenters. The lowest BCUT2D eigenvalue weighted by Gasteiger charge is -2.18. The van der Waals surface area contributed by atoms with Crippen molar-refractivity contribution in [3.63, 3.8) is 0 Å². The Morgan fingerprint density at radius 1 is 1.32 bits per heavy atom. The van der Waals surface area contributed by atoms with E-state index in [1.165, 1.54) is 0 Å². The smallest absolute Gasteiger partial charge is 0.179 e. The fourth-order valence-corrected chi connectivity index (χ4v) is 3.38. The highest BCUT2D eigenvalue weighted by Gasteiger charge is 2.15. The number of nitrogens with zero attached hydrogens (tertiary/aromatic N) is 1. The van der Waals surface area contributed by atoms with Gasteiger partial charge in [-0.3, -0.25) is 0 Å². The number of benzene rings is 1. The Balaban J connectivity index is 2.70. The summed E-state index contributed by atoms with van der Waals surface area (Å²) in [6.45, 7) is 6.05. The van der Waals surface area contributed by atoms with Crippen molar-refractivity contribution in [1.82, 2.24) is 4.90 Å². The summed E-state index contributed by atoms with van der Waals surface area (Å²) in [4.78, 5) is 2.42. The van der Waals surface area contributed by atoms with E-state index in [1.807, 2.05) is 13.1 Å². The largest absolute Gasteiger partial charge is 0.326 e. The number of hydrogen-bond acceptors (Lipinski definition) is 4. The van der Waals surface area contributed by atoms with Crippen LogP contribution in [0.25, 0.3) is 0 Å². The van der Waals surface area contributed by atoms with Gasteiger partial charge in [-0.2, -0.15) is 0 Å². The fraction of sp³-hybridized carbons (Fsp3) is 0.571. The lowest BCUT2D eigenvalue weighted by molar-refractivity contribution is 0.311. The van der Waals surface area contributed by atoms with E-state index in [9.17, 15) is 8.42 Å². The molecule has 0 aliphatic heterocycles. The number of sulfone groups is 1. The van der Waals surface area contributed by atoms with E-state index in [0.717, 1.165) is 12.1 Å². The zero-order valence-corrected chi connectivity index (χ0v) is 12.8. The van der Waals surface area contributed by atoms with Crippen LogP contribution in [0.15, 0.2) is 29.2 Å². The molecule has 0 aliphatic carbocycles. The summed E-state index contributed by atoms with van der Waals surface area (Å²) in [5, 5.41) is 0. The Labute approximate surface area is 116 Å². The van der Waals surface area contributed by atoms with Crippen LogP contribution in [0, 0.1) is 5.92 Å². The van der Waals surface area contributed by atoms with Gasteiger partial charge in [0.1, 0.15) is 0 Å². The molecule has 0 bridgehead atoms. The zero-order valence-electron chi connectivity index (χ0n) is 12.0. The van der Waals surface area contributed by atoms with E-state index in [4.69, 9.17) is 5.73 Å². The fourth-order valence-electron chi connectivity index (χ4n) is 1.97. The summed E-state index contributed by atoms with van der Waals surface area (Å²) in [5.74, 6) is 0.679. The lowest BCUT2D eigenvalue weighted by atomic mass is 10.2. The van der Waals surface area contributed by atoms with Gasteiger partial charge in [0.2, 0.25) is 0 Å². The molecule has 0 aromatic heterocycles. The van der Waals surface area contributed by atoms with E-state index in [2.05, 4.69) is 18.7 Å². The molecule has 0 radical (unpaired) electrons. The molecule has 0 saturated heterocycles. The van der Waals surface area contributed by atoms with Crippen molar-refractivity contribution in [1.29, 1.82) is 0 Å². The van der Waals surface area contributed by atoms with Crippen LogP contribution in [0.5, 0.6) is 0 Å². The van der Waals surface area contributed by atoms with E-state index in [-0.39, 0.29) is 5.75 Å². The Kier molecular flexibility index (Phi) is 5.97. The maximum absolute atomic E-state index is 12.2. The number of hydrogen-bond donors (Lipinski definition) is 1. The minimum absolute atomic E-state index is 0.143. The van der Waals surface area contributed by atoms with Crippen LogP contribution < -0.4 is 5.73 Å². The summed E-state index contributed by atoms with van der Waals surface area (Å²) in [6.07, 6.45) is 0. The predicted molar refractivity (Wildman–Crippen MR) is 78.7 cm³/mol. The highest BCUT2D eigenvalue weighted by molar-refractivity contribution is 7.91. The zero-order chi connectivity index (χ0) is 14.5. The third-order valence-corrected chi connectivity index (χ3v) is 4.60. The van der Waals surface area contributed by atoms with Crippen LogP contribution in [0.2, 0.25) is 0 Å². The molecule has 0 unspecified atom stereocenters. The molecule has 0 aliphatic rings. The van der Waals surface area contributed by atoms with E-state index in [0.29, 0.717) is 23.9 Å². The van der Waals surface area contributed by atoms with Gasteiger partial charge >= 0.3 is 0 Å². The summed E-state index contributed by atoms with van der Waals surface area (Å²) >= 11 is 0. The van der Waals surface area contributed by atoms with Crippen molar-refractivity contribution in [3.05, 3.63) is 29.8 Å². The van der Waals surface area contributed by atoms with Crippen LogP contribution in [0.1, 0.15) is 19.4 Å². The Morgan fingerprint density at radius 3 is 2.58 bits per heavy atom. The predicted octanol–water partition coefficient (Wildman–Crippen LogP) is 1.51. The number of rotatable bonds is 7. The van der Waals surface area contributed by atoms with Crippen LogP contribution in [-0.2, 0) is 16.4 Å². The Hall–Kier alpha value is -0.910. The highest BCUT2D eigenvalue weighted by Crippen LogP contribution is 2.13. The van der Waals surface area contributed by atoms with Gasteiger partial charge in [0.05, 0.1) is 10.6 Å². The molecule has 108 valence electrons. The lowest BCUT2D eigenvalue weighted by Crippen LogP contribution is -2.29. The van der Waals surface area contributed by atoms with Gasteiger partial charge in [-0.1, -0.05) is 26.0 Å². The summed E-state index contributed by atoms with van der Waals surface area (Å²) in [7, 11) is -1.27. The summed E-state index contributed by atoms with van der Waals surface area (Å²) in [5.41, 5.74) is 6.38. The first-order valence-corrected chi connectivity index (χ1v) is 8.20. The molecule has 5 heteroatoms. The normalized spacial score (nSPS) is 12.3. The molecule has 0 saturated carbocycles. The van der Waals surface area contributed by atoms with Crippen molar-refractivity contribution >= 4 is 9.84 Å². The standard InChI is InChI=1S/C14H24N2O2S/c1-12(2)11-16(3)7-8-19(17,18)14-6-4-5-13(9-14)10-15/h4-6,9,12H,7-8,10-11,15H2,1-3H3. The topological polar surface area (TPSA) is 63.4 Å². The maximum atomic E-state index is 12.2. The molecule has 4 nitrogen and oxygen atoms in total. The van der Waals surface area contributed by atoms with Crippen LogP contribution in [0.3, 0.4) is 0 Å². The van der Waals surface area contributed by atoms with Crippen LogP contribution in [-0.4, -0.2) is 39.2 Å². The van der Waals surface area contributed by atoms with Crippen LogP contribution in [0.4, 0.5) is 0 Å². The maximum Gasteiger partial charge on any atom is 0.179 e. The molecule has 2 N–H and O–H groups in total. The quantitative estimate of drug-likeness (QED) is 0.824. The van der Waals surface area contributed by atoms with Gasteiger partial charge in [-0.25, -0.2) is 8.42 Å². The Bertz CT molecular complexity index is 498. The molecule has 19 heavy (non-hydrogen) atoms. The molecule has 0 spiro atoms. The first-order valence-electron chi connectivity index (χ1n) is 6.55. The van der Waals surface area contributed by atoms with Crippen LogP contribution >= 0.6 is 0 Å². The van der Waals surface area contributed by atoms with Crippen molar-refractivity contribution < 1.29 is 8.42 Å². The SMILES string of the molecule is CC(C)CN(C)CCS(=O)(=O)c1cccc(CN)c1. The second kappa shape index (κ2) is 7.03. The minimum atomic E-state index is -3.22. The molecular weight excluding hydrogens is 260 g/mol. The molecular formula is C14H24N2O2S. The second-order valence-corrected chi connectivity index (χ2v) is 7.44. The molecule has 1 aromatic rings. The third kappa shape index (κ3) is 5.30. The minimum Gasteiger partial charge on any atom is -0.326 e. The van der Waals surface area contributed by atoms with Crippen molar-refractivity contribution in [2.45, 2.75) is 25.3 Å². The van der Waals surface area contributed by atoms with Gasteiger partial charge in [-0.05, 0) is 30.7 Å². The van der Waals surface area contributed by atoms with Gasteiger partial charge < -0.3 is 10.6 Å². The van der Waals surface area contributed by atoms with Gasteiger partial charge in [0, 0.05) is 19.6 Å². The number of nitrogens with two attached hydrogens (primary N) is 1. The monoisotopic (exact) mass is 284 g/mol. The average Bonchev–Trinajstić information content (AvgIpc) is 2.36. The molecule has 0 amide bonds. The van der Waals surface area contributed by atoms with Crippen molar-refractivity contribution in [3.8, 4) is 0 Å². The van der Waals surface area contributed by atoms with Crippen molar-refractivity contribution in [2.75, 3.05) is 25.9 Å². The first-order chi connectivity index (χ1) is 8.85. The molecule has 1 aromatic carbocycles. The van der Waals surface area contributed by atoms with E-state index >= 15 is 0 Å². The molecule has 1 rings (SSSR count). The third-order valence-electron chi connectivity index (χ3n) is 2.91. The molecule has 0 fully saturated rings.